The van der Waals surface area contributed by atoms with Crippen molar-refractivity contribution in [1.29, 1.82) is 0 Å². The van der Waals surface area contributed by atoms with Crippen LogP contribution in [-0.2, 0) is 4.79 Å². The second-order valence-corrected chi connectivity index (χ2v) is 5.15. The molecule has 1 aliphatic rings. The van der Waals surface area contributed by atoms with Crippen molar-refractivity contribution in [2.24, 2.45) is 0 Å². The number of nitrogens with one attached hydrogen (secondary N) is 1. The molecule has 4 heteroatoms. The first-order valence-corrected chi connectivity index (χ1v) is 6.83. The van der Waals surface area contributed by atoms with E-state index in [9.17, 15) is 9.90 Å². The highest BCUT2D eigenvalue weighted by molar-refractivity contribution is 9.09. The number of carbonyl (C=O) groups is 1. The summed E-state index contributed by atoms with van der Waals surface area (Å²) in [5.74, 6) is 0.0660. The van der Waals surface area contributed by atoms with Gasteiger partial charge in [0.15, 0.2) is 0 Å². The van der Waals surface area contributed by atoms with E-state index in [1.54, 1.807) is 0 Å². The Kier molecular flexibility index (Phi) is 5.61. The zero-order valence-electron chi connectivity index (χ0n) is 9.10. The van der Waals surface area contributed by atoms with Gasteiger partial charge in [0.2, 0.25) is 5.91 Å². The lowest BCUT2D eigenvalue weighted by atomic mass is 10.0. The fourth-order valence-electron chi connectivity index (χ4n) is 1.94. The molecule has 15 heavy (non-hydrogen) atoms. The molecule has 1 saturated carbocycles. The minimum atomic E-state index is -0.620. The highest BCUT2D eigenvalue weighted by atomic mass is 79.9. The Morgan fingerprint density at radius 3 is 2.60 bits per heavy atom. The largest absolute Gasteiger partial charge is 0.388 e. The summed E-state index contributed by atoms with van der Waals surface area (Å²) in [6.45, 7) is 0.431. The summed E-state index contributed by atoms with van der Waals surface area (Å²) in [6, 6.07) is 0. The summed E-state index contributed by atoms with van der Waals surface area (Å²) in [4.78, 5) is 11.4. The molecule has 0 aromatic heterocycles. The summed E-state index contributed by atoms with van der Waals surface area (Å²) in [5, 5.41) is 13.8. The Labute approximate surface area is 99.8 Å². The van der Waals surface area contributed by atoms with Gasteiger partial charge in [0.05, 0.1) is 5.60 Å². The normalized spacial score (nSPS) is 19.1. The van der Waals surface area contributed by atoms with Crippen LogP contribution < -0.4 is 5.32 Å². The Hall–Kier alpha value is -0.0900. The van der Waals surface area contributed by atoms with E-state index in [0.29, 0.717) is 13.0 Å². The standard InChI is InChI=1S/C11H20BrNO2/c12-8-4-1-5-10(14)13-9-11(15)6-2-3-7-11/h15H,1-9H2,(H,13,14). The van der Waals surface area contributed by atoms with Crippen LogP contribution in [0.5, 0.6) is 0 Å². The molecule has 0 spiro atoms. The molecule has 3 nitrogen and oxygen atoms in total. The summed E-state index contributed by atoms with van der Waals surface area (Å²) >= 11 is 3.33. The summed E-state index contributed by atoms with van der Waals surface area (Å²) in [7, 11) is 0. The molecule has 0 aromatic rings. The van der Waals surface area contributed by atoms with Crippen molar-refractivity contribution in [2.75, 3.05) is 11.9 Å². The van der Waals surface area contributed by atoms with Crippen LogP contribution in [0.3, 0.4) is 0 Å². The lowest BCUT2D eigenvalue weighted by Crippen LogP contribution is -2.40. The van der Waals surface area contributed by atoms with Crippen molar-refractivity contribution in [1.82, 2.24) is 5.32 Å². The number of carbonyl (C=O) groups excluding carboxylic acids is 1. The number of rotatable bonds is 6. The molecule has 0 unspecified atom stereocenters. The van der Waals surface area contributed by atoms with Gasteiger partial charge in [-0.2, -0.15) is 0 Å². The molecular formula is C11H20BrNO2. The molecule has 0 aromatic carbocycles. The van der Waals surface area contributed by atoms with Crippen LogP contribution in [0.25, 0.3) is 0 Å². The van der Waals surface area contributed by atoms with Gasteiger partial charge in [-0.1, -0.05) is 28.8 Å². The van der Waals surface area contributed by atoms with Gasteiger partial charge in [-0.3, -0.25) is 4.79 Å². The Morgan fingerprint density at radius 2 is 2.00 bits per heavy atom. The number of hydrogen-bond donors (Lipinski definition) is 2. The minimum Gasteiger partial charge on any atom is -0.388 e. The van der Waals surface area contributed by atoms with Crippen molar-refractivity contribution in [3.63, 3.8) is 0 Å². The van der Waals surface area contributed by atoms with Gasteiger partial charge in [0.1, 0.15) is 0 Å². The zero-order valence-corrected chi connectivity index (χ0v) is 10.7. The third-order valence-electron chi connectivity index (χ3n) is 2.94. The van der Waals surface area contributed by atoms with E-state index in [1.165, 1.54) is 0 Å². The maximum absolute atomic E-state index is 11.4. The predicted molar refractivity (Wildman–Crippen MR) is 64.1 cm³/mol. The number of unbranched alkanes of at least 4 members (excludes halogenated alkanes) is 1. The molecule has 0 radical (unpaired) electrons. The lowest BCUT2D eigenvalue weighted by molar-refractivity contribution is -0.122. The Balaban J connectivity index is 2.10. The molecule has 0 atom stereocenters. The molecule has 0 bridgehead atoms. The van der Waals surface area contributed by atoms with Crippen LogP contribution in [-0.4, -0.2) is 28.5 Å². The van der Waals surface area contributed by atoms with Crippen molar-refractivity contribution in [3.05, 3.63) is 0 Å². The first-order chi connectivity index (χ1) is 7.16. The molecule has 0 heterocycles. The van der Waals surface area contributed by atoms with Gasteiger partial charge in [-0.15, -0.1) is 0 Å². The van der Waals surface area contributed by atoms with Gasteiger partial charge in [0, 0.05) is 18.3 Å². The molecule has 2 N–H and O–H groups in total. The molecular weight excluding hydrogens is 258 g/mol. The molecule has 0 aliphatic heterocycles. The monoisotopic (exact) mass is 277 g/mol. The van der Waals surface area contributed by atoms with Gasteiger partial charge in [0.25, 0.3) is 0 Å². The average Bonchev–Trinajstić information content (AvgIpc) is 2.64. The van der Waals surface area contributed by atoms with E-state index >= 15 is 0 Å². The van der Waals surface area contributed by atoms with Crippen molar-refractivity contribution >= 4 is 21.8 Å². The third-order valence-corrected chi connectivity index (χ3v) is 3.50. The van der Waals surface area contributed by atoms with Crippen LogP contribution in [0.15, 0.2) is 0 Å². The second-order valence-electron chi connectivity index (χ2n) is 4.35. The maximum Gasteiger partial charge on any atom is 0.220 e. The number of halogens is 1. The Bertz CT molecular complexity index is 203. The summed E-state index contributed by atoms with van der Waals surface area (Å²) in [6.07, 6.45) is 6.32. The number of amides is 1. The summed E-state index contributed by atoms with van der Waals surface area (Å²) in [5.41, 5.74) is -0.620. The zero-order chi connectivity index (χ0) is 11.1. The number of hydrogen-bond acceptors (Lipinski definition) is 2. The second kappa shape index (κ2) is 6.48. The first kappa shape index (κ1) is 13.0. The van der Waals surface area contributed by atoms with Gasteiger partial charge < -0.3 is 10.4 Å². The average molecular weight is 278 g/mol. The first-order valence-electron chi connectivity index (χ1n) is 5.71. The van der Waals surface area contributed by atoms with E-state index in [2.05, 4.69) is 21.2 Å². The third kappa shape index (κ3) is 4.98. The van der Waals surface area contributed by atoms with E-state index in [0.717, 1.165) is 43.9 Å². The minimum absolute atomic E-state index is 0.0660. The van der Waals surface area contributed by atoms with Crippen LogP contribution in [0.1, 0.15) is 44.9 Å². The maximum atomic E-state index is 11.4. The van der Waals surface area contributed by atoms with Crippen molar-refractivity contribution in [2.45, 2.75) is 50.5 Å². The molecule has 1 aliphatic carbocycles. The lowest BCUT2D eigenvalue weighted by Gasteiger charge is -2.22. The van der Waals surface area contributed by atoms with Crippen molar-refractivity contribution in [3.8, 4) is 0 Å². The quantitative estimate of drug-likeness (QED) is 0.576. The smallest absolute Gasteiger partial charge is 0.220 e. The number of aliphatic hydroxyl groups is 1. The topological polar surface area (TPSA) is 49.3 Å². The Morgan fingerprint density at radius 1 is 1.33 bits per heavy atom. The predicted octanol–water partition coefficient (Wildman–Crippen LogP) is 1.97. The van der Waals surface area contributed by atoms with Crippen LogP contribution >= 0.6 is 15.9 Å². The van der Waals surface area contributed by atoms with Crippen molar-refractivity contribution < 1.29 is 9.90 Å². The fourth-order valence-corrected chi connectivity index (χ4v) is 2.34. The molecule has 1 rings (SSSR count). The van der Waals surface area contributed by atoms with Crippen LogP contribution in [0.4, 0.5) is 0 Å². The van der Waals surface area contributed by atoms with E-state index in [-0.39, 0.29) is 5.91 Å². The van der Waals surface area contributed by atoms with Gasteiger partial charge in [-0.05, 0) is 25.7 Å². The molecule has 88 valence electrons. The van der Waals surface area contributed by atoms with Crippen LogP contribution in [0.2, 0.25) is 0 Å². The van der Waals surface area contributed by atoms with E-state index in [4.69, 9.17) is 0 Å². The fraction of sp³-hybridized carbons (Fsp3) is 0.909. The molecule has 1 fully saturated rings. The molecule has 1 amide bonds. The van der Waals surface area contributed by atoms with Gasteiger partial charge >= 0.3 is 0 Å². The summed E-state index contributed by atoms with van der Waals surface area (Å²) < 4.78 is 0. The van der Waals surface area contributed by atoms with E-state index in [1.807, 2.05) is 0 Å². The SMILES string of the molecule is O=C(CCCCBr)NCC1(O)CCCC1. The van der Waals surface area contributed by atoms with Crippen LogP contribution in [0, 0.1) is 0 Å². The van der Waals surface area contributed by atoms with Gasteiger partial charge in [-0.25, -0.2) is 0 Å². The number of alkyl halides is 1. The highest BCUT2D eigenvalue weighted by Gasteiger charge is 2.31. The highest BCUT2D eigenvalue weighted by Crippen LogP contribution is 2.28. The van der Waals surface area contributed by atoms with E-state index < -0.39 is 5.60 Å². The molecule has 0 saturated heterocycles.